The zero-order valence-electron chi connectivity index (χ0n) is 12.2. The fraction of sp³-hybridized carbons (Fsp3) is 0.571. The molecule has 1 saturated heterocycles. The van der Waals surface area contributed by atoms with Crippen LogP contribution in [0.2, 0.25) is 0 Å². The van der Waals surface area contributed by atoms with E-state index in [0.29, 0.717) is 5.69 Å². The Hall–Kier alpha value is -1.47. The first-order chi connectivity index (χ1) is 9.97. The third-order valence-corrected chi connectivity index (χ3v) is 4.82. The highest BCUT2D eigenvalue weighted by Crippen LogP contribution is 2.11. The van der Waals surface area contributed by atoms with Crippen LogP contribution in [0.25, 0.3) is 0 Å². The Labute approximate surface area is 125 Å². The van der Waals surface area contributed by atoms with Gasteiger partial charge in [-0.15, -0.1) is 0 Å². The monoisotopic (exact) mass is 311 g/mol. The third kappa shape index (κ3) is 4.78. The molecule has 0 radical (unpaired) electrons. The van der Waals surface area contributed by atoms with E-state index in [1.165, 1.54) is 4.31 Å². The first-order valence-electron chi connectivity index (χ1n) is 7.09. The minimum Gasteiger partial charge on any atom is -0.343 e. The molecular weight excluding hydrogens is 290 g/mol. The van der Waals surface area contributed by atoms with Crippen LogP contribution in [0.1, 0.15) is 25.0 Å². The number of sulfonamides is 1. The van der Waals surface area contributed by atoms with Gasteiger partial charge in [0, 0.05) is 32.3 Å². The van der Waals surface area contributed by atoms with Crippen LogP contribution in [0.5, 0.6) is 0 Å². The van der Waals surface area contributed by atoms with Crippen molar-refractivity contribution < 1.29 is 13.2 Å². The lowest BCUT2D eigenvalue weighted by molar-refractivity contribution is -0.130. The first-order valence-corrected chi connectivity index (χ1v) is 8.94. The van der Waals surface area contributed by atoms with Crippen LogP contribution in [0.4, 0.5) is 0 Å². The summed E-state index contributed by atoms with van der Waals surface area (Å²) in [5, 5.41) is 0. The lowest BCUT2D eigenvalue weighted by Gasteiger charge is -2.21. The van der Waals surface area contributed by atoms with E-state index in [1.807, 2.05) is 6.07 Å². The van der Waals surface area contributed by atoms with E-state index in [0.717, 1.165) is 32.2 Å². The molecule has 0 bridgehead atoms. The molecule has 0 atom stereocenters. The molecule has 1 aliphatic rings. The second-order valence-corrected chi connectivity index (χ2v) is 7.24. The number of carbonyl (C=O) groups is 1. The van der Waals surface area contributed by atoms with Crippen LogP contribution in [-0.2, 0) is 21.4 Å². The average molecular weight is 311 g/mol. The van der Waals surface area contributed by atoms with Gasteiger partial charge in [0.25, 0.3) is 0 Å². The molecule has 0 saturated carbocycles. The summed E-state index contributed by atoms with van der Waals surface area (Å²) in [7, 11) is -3.36. The summed E-state index contributed by atoms with van der Waals surface area (Å²) in [6.07, 6.45) is 5.09. The highest BCUT2D eigenvalue weighted by Gasteiger charge is 2.22. The number of pyridine rings is 1. The number of nitrogens with zero attached hydrogens (tertiary/aromatic N) is 3. The summed E-state index contributed by atoms with van der Waals surface area (Å²) in [5.74, 6) is 0.0298. The van der Waals surface area contributed by atoms with Crippen molar-refractivity contribution in [3.63, 3.8) is 0 Å². The van der Waals surface area contributed by atoms with Gasteiger partial charge in [0.2, 0.25) is 15.9 Å². The number of likely N-dealkylation sites (tertiary alicyclic amines) is 1. The summed E-state index contributed by atoms with van der Waals surface area (Å²) in [5.41, 5.74) is 0.677. The predicted molar refractivity (Wildman–Crippen MR) is 79.9 cm³/mol. The minimum atomic E-state index is -3.36. The van der Waals surface area contributed by atoms with E-state index >= 15 is 0 Å². The van der Waals surface area contributed by atoms with Gasteiger partial charge in [0.15, 0.2) is 0 Å². The number of rotatable bonds is 6. The molecule has 6 nitrogen and oxygen atoms in total. The van der Waals surface area contributed by atoms with Crippen molar-refractivity contribution >= 4 is 15.9 Å². The molecule has 2 rings (SSSR count). The summed E-state index contributed by atoms with van der Waals surface area (Å²) in [4.78, 5) is 18.0. The molecular formula is C14H21N3O3S. The summed E-state index contributed by atoms with van der Waals surface area (Å²) >= 11 is 0. The molecule has 1 amide bonds. The SMILES string of the molecule is CS(=O)(=O)N(CCC(=O)N1CCCC1)Cc1ccccn1. The molecule has 0 unspecified atom stereocenters. The predicted octanol–water partition coefficient (Wildman–Crippen LogP) is 0.856. The standard InChI is InChI=1S/C14H21N3O3S/c1-21(19,20)17(12-13-6-2-3-8-15-13)11-7-14(18)16-9-4-5-10-16/h2-3,6,8H,4-5,7,9-12H2,1H3. The van der Waals surface area contributed by atoms with Gasteiger partial charge in [0.05, 0.1) is 18.5 Å². The van der Waals surface area contributed by atoms with Crippen LogP contribution >= 0.6 is 0 Å². The van der Waals surface area contributed by atoms with Crippen LogP contribution in [0.3, 0.4) is 0 Å². The number of hydrogen-bond acceptors (Lipinski definition) is 4. The maximum Gasteiger partial charge on any atom is 0.223 e. The molecule has 2 heterocycles. The van der Waals surface area contributed by atoms with Gasteiger partial charge < -0.3 is 4.90 Å². The van der Waals surface area contributed by atoms with Gasteiger partial charge in [-0.2, -0.15) is 4.31 Å². The van der Waals surface area contributed by atoms with Crippen molar-refractivity contribution in [2.75, 3.05) is 25.9 Å². The normalized spacial score (nSPS) is 15.6. The molecule has 0 aliphatic carbocycles. The van der Waals surface area contributed by atoms with Gasteiger partial charge >= 0.3 is 0 Å². The second kappa shape index (κ2) is 7.00. The molecule has 1 aliphatic heterocycles. The molecule has 21 heavy (non-hydrogen) atoms. The molecule has 0 spiro atoms. The zero-order chi connectivity index (χ0) is 15.3. The zero-order valence-corrected chi connectivity index (χ0v) is 13.1. The summed E-state index contributed by atoms with van der Waals surface area (Å²) in [6.45, 7) is 1.98. The molecule has 116 valence electrons. The highest BCUT2D eigenvalue weighted by atomic mass is 32.2. The van der Waals surface area contributed by atoms with E-state index in [-0.39, 0.29) is 25.4 Å². The smallest absolute Gasteiger partial charge is 0.223 e. The molecule has 1 fully saturated rings. The molecule has 1 aromatic heterocycles. The Balaban J connectivity index is 1.95. The minimum absolute atomic E-state index is 0.0298. The highest BCUT2D eigenvalue weighted by molar-refractivity contribution is 7.88. The van der Waals surface area contributed by atoms with Gasteiger partial charge in [-0.3, -0.25) is 9.78 Å². The summed E-state index contributed by atoms with van der Waals surface area (Å²) in [6, 6.07) is 5.38. The summed E-state index contributed by atoms with van der Waals surface area (Å²) < 4.78 is 25.0. The second-order valence-electron chi connectivity index (χ2n) is 5.26. The third-order valence-electron chi connectivity index (χ3n) is 3.57. The van der Waals surface area contributed by atoms with Crippen molar-refractivity contribution in [2.24, 2.45) is 0 Å². The Morgan fingerprint density at radius 3 is 2.62 bits per heavy atom. The first kappa shape index (κ1) is 15.9. The lowest BCUT2D eigenvalue weighted by Crippen LogP contribution is -2.35. The number of amides is 1. The fourth-order valence-electron chi connectivity index (χ4n) is 2.38. The van der Waals surface area contributed by atoms with Crippen LogP contribution in [-0.4, -0.2) is 54.4 Å². The molecule has 0 aromatic carbocycles. The Bertz CT molecular complexity index is 568. The average Bonchev–Trinajstić information content (AvgIpc) is 2.97. The van der Waals surface area contributed by atoms with E-state index in [2.05, 4.69) is 4.98 Å². The Morgan fingerprint density at radius 2 is 2.05 bits per heavy atom. The van der Waals surface area contributed by atoms with Crippen molar-refractivity contribution in [3.05, 3.63) is 30.1 Å². The quantitative estimate of drug-likeness (QED) is 0.781. The van der Waals surface area contributed by atoms with E-state index in [1.54, 1.807) is 23.2 Å². The van der Waals surface area contributed by atoms with Crippen LogP contribution in [0.15, 0.2) is 24.4 Å². The fourth-order valence-corrected chi connectivity index (χ4v) is 3.17. The Morgan fingerprint density at radius 1 is 1.33 bits per heavy atom. The number of carbonyl (C=O) groups excluding carboxylic acids is 1. The van der Waals surface area contributed by atoms with E-state index in [9.17, 15) is 13.2 Å². The van der Waals surface area contributed by atoms with Gasteiger partial charge in [-0.05, 0) is 25.0 Å². The lowest BCUT2D eigenvalue weighted by atomic mass is 10.3. The van der Waals surface area contributed by atoms with Crippen LogP contribution in [0, 0.1) is 0 Å². The van der Waals surface area contributed by atoms with Crippen molar-refractivity contribution in [3.8, 4) is 0 Å². The van der Waals surface area contributed by atoms with Gasteiger partial charge in [-0.25, -0.2) is 8.42 Å². The van der Waals surface area contributed by atoms with E-state index < -0.39 is 10.0 Å². The maximum absolute atomic E-state index is 12.0. The van der Waals surface area contributed by atoms with Gasteiger partial charge in [-0.1, -0.05) is 6.07 Å². The van der Waals surface area contributed by atoms with Gasteiger partial charge in [0.1, 0.15) is 0 Å². The number of hydrogen-bond donors (Lipinski definition) is 0. The molecule has 0 N–H and O–H groups in total. The maximum atomic E-state index is 12.0. The molecule has 1 aromatic rings. The van der Waals surface area contributed by atoms with Crippen molar-refractivity contribution in [1.29, 1.82) is 0 Å². The van der Waals surface area contributed by atoms with Crippen molar-refractivity contribution in [2.45, 2.75) is 25.8 Å². The Kier molecular flexibility index (Phi) is 5.30. The van der Waals surface area contributed by atoms with Crippen molar-refractivity contribution in [1.82, 2.24) is 14.2 Å². The molecule has 7 heteroatoms. The van der Waals surface area contributed by atoms with E-state index in [4.69, 9.17) is 0 Å². The number of aromatic nitrogens is 1. The largest absolute Gasteiger partial charge is 0.343 e. The van der Waals surface area contributed by atoms with Crippen LogP contribution < -0.4 is 0 Å². The topological polar surface area (TPSA) is 70.6 Å².